The summed E-state index contributed by atoms with van der Waals surface area (Å²) in [5.41, 5.74) is 1.93. The molecule has 0 aliphatic carbocycles. The highest BCUT2D eigenvalue weighted by Gasteiger charge is 2.32. The lowest BCUT2D eigenvalue weighted by Gasteiger charge is -2.37. The summed E-state index contributed by atoms with van der Waals surface area (Å²) in [4.78, 5) is 15.0. The van der Waals surface area contributed by atoms with Gasteiger partial charge in [0.2, 0.25) is 11.7 Å². The van der Waals surface area contributed by atoms with Gasteiger partial charge in [0.1, 0.15) is 5.69 Å². The Balaban J connectivity index is 1.38. The molecule has 116 valence electrons. The molecular formula is C16H14BrN5O. The highest BCUT2D eigenvalue weighted by Crippen LogP contribution is 2.28. The second-order valence-corrected chi connectivity index (χ2v) is 6.48. The summed E-state index contributed by atoms with van der Waals surface area (Å²) in [6, 6.07) is 8.37. The van der Waals surface area contributed by atoms with Gasteiger partial charge in [-0.3, -0.25) is 9.88 Å². The van der Waals surface area contributed by atoms with Crippen LogP contribution in [0.2, 0.25) is 0 Å². The highest BCUT2D eigenvalue weighted by molar-refractivity contribution is 9.10. The summed E-state index contributed by atoms with van der Waals surface area (Å²) in [5.74, 6) is 1.47. The van der Waals surface area contributed by atoms with E-state index < -0.39 is 0 Å². The molecule has 1 fully saturated rings. The minimum atomic E-state index is 0.292. The van der Waals surface area contributed by atoms with Crippen LogP contribution in [0.5, 0.6) is 0 Å². The maximum absolute atomic E-state index is 5.38. The van der Waals surface area contributed by atoms with Crippen molar-refractivity contribution in [2.45, 2.75) is 12.5 Å². The molecule has 0 radical (unpaired) electrons. The third-order valence-electron chi connectivity index (χ3n) is 3.84. The molecule has 0 saturated carbocycles. The first kappa shape index (κ1) is 14.5. The zero-order valence-electron chi connectivity index (χ0n) is 12.3. The standard InChI is InChI=1S/C16H14BrN5O/c17-13-3-1-2-11(6-13)8-22-9-12(10-22)16-20-15(21-23-16)14-7-18-4-5-19-14/h1-7,12H,8-10H2. The number of halogens is 1. The lowest BCUT2D eigenvalue weighted by atomic mass is 9.99. The fourth-order valence-electron chi connectivity index (χ4n) is 2.67. The molecule has 3 heterocycles. The molecule has 0 atom stereocenters. The smallest absolute Gasteiger partial charge is 0.232 e. The van der Waals surface area contributed by atoms with Gasteiger partial charge in [0, 0.05) is 36.5 Å². The van der Waals surface area contributed by atoms with Crippen LogP contribution in [0.15, 0.2) is 51.9 Å². The van der Waals surface area contributed by atoms with Crippen LogP contribution >= 0.6 is 15.9 Å². The Labute approximate surface area is 141 Å². The Hall–Kier alpha value is -2.12. The van der Waals surface area contributed by atoms with Crippen molar-refractivity contribution in [2.75, 3.05) is 13.1 Å². The molecule has 7 heteroatoms. The molecule has 4 rings (SSSR count). The van der Waals surface area contributed by atoms with Gasteiger partial charge >= 0.3 is 0 Å². The Morgan fingerprint density at radius 1 is 1.26 bits per heavy atom. The van der Waals surface area contributed by atoms with Gasteiger partial charge < -0.3 is 4.52 Å². The fourth-order valence-corrected chi connectivity index (χ4v) is 3.11. The number of nitrogens with zero attached hydrogens (tertiary/aromatic N) is 5. The van der Waals surface area contributed by atoms with Crippen molar-refractivity contribution in [2.24, 2.45) is 0 Å². The molecular weight excluding hydrogens is 358 g/mol. The van der Waals surface area contributed by atoms with Crippen molar-refractivity contribution < 1.29 is 4.52 Å². The Kier molecular flexibility index (Phi) is 3.88. The summed E-state index contributed by atoms with van der Waals surface area (Å²) in [6.45, 7) is 2.78. The molecule has 0 spiro atoms. The summed E-state index contributed by atoms with van der Waals surface area (Å²) in [7, 11) is 0. The number of rotatable bonds is 4. The Morgan fingerprint density at radius 3 is 2.96 bits per heavy atom. The zero-order valence-corrected chi connectivity index (χ0v) is 13.8. The van der Waals surface area contributed by atoms with Crippen molar-refractivity contribution in [3.63, 3.8) is 0 Å². The first-order valence-electron chi connectivity index (χ1n) is 7.35. The van der Waals surface area contributed by atoms with Crippen LogP contribution in [0.4, 0.5) is 0 Å². The van der Waals surface area contributed by atoms with Crippen molar-refractivity contribution in [3.05, 3.63) is 58.8 Å². The van der Waals surface area contributed by atoms with Crippen LogP contribution in [-0.2, 0) is 6.54 Å². The number of hydrogen-bond donors (Lipinski definition) is 0. The van der Waals surface area contributed by atoms with E-state index in [2.05, 4.69) is 59.1 Å². The first-order valence-corrected chi connectivity index (χ1v) is 8.14. The second-order valence-electron chi connectivity index (χ2n) is 5.57. The molecule has 1 aromatic carbocycles. The summed E-state index contributed by atoms with van der Waals surface area (Å²) in [5, 5.41) is 4.00. The number of likely N-dealkylation sites (tertiary alicyclic amines) is 1. The van der Waals surface area contributed by atoms with Crippen LogP contribution < -0.4 is 0 Å². The minimum Gasteiger partial charge on any atom is -0.339 e. The van der Waals surface area contributed by atoms with E-state index in [1.165, 1.54) is 5.56 Å². The average Bonchev–Trinajstić information content (AvgIpc) is 3.01. The summed E-state index contributed by atoms with van der Waals surface area (Å²) < 4.78 is 6.49. The highest BCUT2D eigenvalue weighted by atomic mass is 79.9. The number of aromatic nitrogens is 4. The maximum atomic E-state index is 5.38. The van der Waals surface area contributed by atoms with Crippen LogP contribution in [0.1, 0.15) is 17.4 Å². The van der Waals surface area contributed by atoms with E-state index in [9.17, 15) is 0 Å². The maximum Gasteiger partial charge on any atom is 0.232 e. The van der Waals surface area contributed by atoms with Gasteiger partial charge in [-0.2, -0.15) is 4.98 Å². The fraction of sp³-hybridized carbons (Fsp3) is 0.250. The quantitative estimate of drug-likeness (QED) is 0.702. The summed E-state index contributed by atoms with van der Waals surface area (Å²) in [6.07, 6.45) is 4.87. The molecule has 2 aromatic heterocycles. The van der Waals surface area contributed by atoms with E-state index in [1.807, 2.05) is 6.07 Å². The van der Waals surface area contributed by atoms with Gasteiger partial charge in [-0.05, 0) is 17.7 Å². The molecule has 1 aliphatic rings. The van der Waals surface area contributed by atoms with E-state index in [0.29, 0.717) is 23.3 Å². The van der Waals surface area contributed by atoms with Crippen LogP contribution in [0, 0.1) is 0 Å². The predicted molar refractivity (Wildman–Crippen MR) is 87.5 cm³/mol. The van der Waals surface area contributed by atoms with Crippen LogP contribution in [0.3, 0.4) is 0 Å². The van der Waals surface area contributed by atoms with E-state index in [0.717, 1.165) is 24.1 Å². The Bertz CT molecular complexity index is 801. The third kappa shape index (κ3) is 3.16. The van der Waals surface area contributed by atoms with Gasteiger partial charge in [-0.25, -0.2) is 4.98 Å². The molecule has 3 aromatic rings. The van der Waals surface area contributed by atoms with Crippen molar-refractivity contribution in [3.8, 4) is 11.5 Å². The topological polar surface area (TPSA) is 67.9 Å². The number of benzene rings is 1. The largest absolute Gasteiger partial charge is 0.339 e. The second kappa shape index (κ2) is 6.17. The van der Waals surface area contributed by atoms with E-state index >= 15 is 0 Å². The van der Waals surface area contributed by atoms with Gasteiger partial charge in [-0.15, -0.1) is 0 Å². The van der Waals surface area contributed by atoms with Crippen molar-refractivity contribution in [1.29, 1.82) is 0 Å². The molecule has 1 saturated heterocycles. The zero-order chi connectivity index (χ0) is 15.6. The predicted octanol–water partition coefficient (Wildman–Crippen LogP) is 2.89. The molecule has 0 N–H and O–H groups in total. The molecule has 1 aliphatic heterocycles. The molecule has 0 bridgehead atoms. The lowest BCUT2D eigenvalue weighted by Crippen LogP contribution is -2.44. The minimum absolute atomic E-state index is 0.292. The van der Waals surface area contributed by atoms with Gasteiger partial charge in [0.05, 0.1) is 12.1 Å². The van der Waals surface area contributed by atoms with Crippen LogP contribution in [0.25, 0.3) is 11.5 Å². The van der Waals surface area contributed by atoms with Crippen LogP contribution in [-0.4, -0.2) is 38.1 Å². The van der Waals surface area contributed by atoms with Gasteiger partial charge in [-0.1, -0.05) is 33.2 Å². The molecule has 0 unspecified atom stereocenters. The third-order valence-corrected chi connectivity index (χ3v) is 4.33. The lowest BCUT2D eigenvalue weighted by molar-refractivity contribution is 0.117. The molecule has 23 heavy (non-hydrogen) atoms. The van der Waals surface area contributed by atoms with E-state index in [-0.39, 0.29) is 0 Å². The monoisotopic (exact) mass is 371 g/mol. The summed E-state index contributed by atoms with van der Waals surface area (Å²) >= 11 is 3.50. The Morgan fingerprint density at radius 2 is 2.17 bits per heavy atom. The van der Waals surface area contributed by atoms with E-state index in [1.54, 1.807) is 18.6 Å². The van der Waals surface area contributed by atoms with E-state index in [4.69, 9.17) is 4.52 Å². The SMILES string of the molecule is Brc1cccc(CN2CC(c3nc(-c4cnccn4)no3)C2)c1. The van der Waals surface area contributed by atoms with Gasteiger partial charge in [0.15, 0.2) is 0 Å². The van der Waals surface area contributed by atoms with Gasteiger partial charge in [0.25, 0.3) is 0 Å². The number of hydrogen-bond acceptors (Lipinski definition) is 6. The normalized spacial score (nSPS) is 15.5. The van der Waals surface area contributed by atoms with Crippen molar-refractivity contribution in [1.82, 2.24) is 25.0 Å². The van der Waals surface area contributed by atoms with Crippen molar-refractivity contribution >= 4 is 15.9 Å². The first-order chi connectivity index (χ1) is 11.3. The molecule has 0 amide bonds. The molecule has 6 nitrogen and oxygen atoms in total. The average molecular weight is 372 g/mol.